The summed E-state index contributed by atoms with van der Waals surface area (Å²) in [5.41, 5.74) is 0.398. The van der Waals surface area contributed by atoms with Crippen molar-refractivity contribution in [3.8, 4) is 0 Å². The van der Waals surface area contributed by atoms with Crippen LogP contribution in [0.25, 0.3) is 0 Å². The maximum absolute atomic E-state index is 11.5. The Morgan fingerprint density at radius 1 is 1.42 bits per heavy atom. The van der Waals surface area contributed by atoms with Gasteiger partial charge in [0.1, 0.15) is 5.78 Å². The van der Waals surface area contributed by atoms with Crippen LogP contribution in [-0.2, 0) is 4.79 Å². The molecular weight excluding hydrogens is 148 g/mol. The topological polar surface area (TPSA) is 17.1 Å². The molecule has 70 valence electrons. The SMILES string of the molecule is CCC(=O)C1CC(C)(C)CC1C. The molecule has 0 aromatic carbocycles. The Balaban J connectivity index is 2.64. The maximum atomic E-state index is 11.5. The molecule has 0 saturated heterocycles. The predicted octanol–water partition coefficient (Wildman–Crippen LogP) is 3.04. The first-order valence-electron chi connectivity index (χ1n) is 4.99. The zero-order valence-corrected chi connectivity index (χ0v) is 8.68. The first-order chi connectivity index (χ1) is 5.46. The van der Waals surface area contributed by atoms with Crippen molar-refractivity contribution >= 4 is 5.78 Å². The molecule has 1 aliphatic carbocycles. The van der Waals surface area contributed by atoms with Gasteiger partial charge in [0.15, 0.2) is 0 Å². The number of carbonyl (C=O) groups is 1. The minimum absolute atomic E-state index is 0.352. The third-order valence-corrected chi connectivity index (χ3v) is 3.10. The maximum Gasteiger partial charge on any atom is 0.135 e. The first-order valence-corrected chi connectivity index (χ1v) is 4.99. The summed E-state index contributed by atoms with van der Waals surface area (Å²) >= 11 is 0. The van der Waals surface area contributed by atoms with Crippen molar-refractivity contribution in [3.05, 3.63) is 0 Å². The highest BCUT2D eigenvalue weighted by atomic mass is 16.1. The Morgan fingerprint density at radius 2 is 2.00 bits per heavy atom. The smallest absolute Gasteiger partial charge is 0.135 e. The fourth-order valence-corrected chi connectivity index (χ4v) is 2.59. The molecule has 0 spiro atoms. The van der Waals surface area contributed by atoms with E-state index in [9.17, 15) is 4.79 Å². The van der Waals surface area contributed by atoms with Crippen molar-refractivity contribution in [3.63, 3.8) is 0 Å². The standard InChI is InChI=1S/C11H20O/c1-5-10(12)9-7-11(3,4)6-8(9)2/h8-9H,5-7H2,1-4H3. The van der Waals surface area contributed by atoms with Crippen LogP contribution in [0, 0.1) is 17.3 Å². The molecule has 1 nitrogen and oxygen atoms in total. The molecule has 1 fully saturated rings. The summed E-state index contributed by atoms with van der Waals surface area (Å²) in [6.07, 6.45) is 3.02. The molecule has 12 heavy (non-hydrogen) atoms. The van der Waals surface area contributed by atoms with Gasteiger partial charge in [0.25, 0.3) is 0 Å². The van der Waals surface area contributed by atoms with Crippen LogP contribution in [0.5, 0.6) is 0 Å². The Kier molecular flexibility index (Phi) is 2.60. The Hall–Kier alpha value is -0.330. The van der Waals surface area contributed by atoms with Crippen LogP contribution in [-0.4, -0.2) is 5.78 Å². The number of Topliss-reactive ketones (excluding diaryl/α,β-unsaturated/α-hetero) is 1. The molecule has 1 rings (SSSR count). The van der Waals surface area contributed by atoms with E-state index in [0.717, 1.165) is 6.42 Å². The normalized spacial score (nSPS) is 33.7. The Bertz CT molecular complexity index is 181. The minimum Gasteiger partial charge on any atom is -0.299 e. The van der Waals surface area contributed by atoms with Crippen molar-refractivity contribution in [2.45, 2.75) is 47.0 Å². The van der Waals surface area contributed by atoms with Gasteiger partial charge in [-0.15, -0.1) is 0 Å². The second-order valence-electron chi connectivity index (χ2n) is 4.98. The predicted molar refractivity (Wildman–Crippen MR) is 51.0 cm³/mol. The van der Waals surface area contributed by atoms with Crippen molar-refractivity contribution < 1.29 is 4.79 Å². The van der Waals surface area contributed by atoms with Crippen molar-refractivity contribution in [2.75, 3.05) is 0 Å². The second kappa shape index (κ2) is 3.20. The van der Waals surface area contributed by atoms with Crippen LogP contribution < -0.4 is 0 Å². The van der Waals surface area contributed by atoms with E-state index in [0.29, 0.717) is 29.5 Å². The lowest BCUT2D eigenvalue weighted by Crippen LogP contribution is -2.16. The first kappa shape index (κ1) is 9.76. The van der Waals surface area contributed by atoms with E-state index in [4.69, 9.17) is 0 Å². The van der Waals surface area contributed by atoms with Crippen LogP contribution in [0.3, 0.4) is 0 Å². The van der Waals surface area contributed by atoms with Gasteiger partial charge < -0.3 is 0 Å². The lowest BCUT2D eigenvalue weighted by atomic mass is 9.89. The van der Waals surface area contributed by atoms with Gasteiger partial charge in [-0.1, -0.05) is 27.7 Å². The molecule has 0 aromatic heterocycles. The van der Waals surface area contributed by atoms with Gasteiger partial charge in [-0.25, -0.2) is 0 Å². The van der Waals surface area contributed by atoms with Crippen LogP contribution in [0.15, 0.2) is 0 Å². The zero-order chi connectivity index (χ0) is 9.35. The van der Waals surface area contributed by atoms with Gasteiger partial charge in [-0.2, -0.15) is 0 Å². The number of ketones is 1. The number of hydrogen-bond acceptors (Lipinski definition) is 1. The summed E-state index contributed by atoms with van der Waals surface area (Å²) in [7, 11) is 0. The molecule has 0 bridgehead atoms. The zero-order valence-electron chi connectivity index (χ0n) is 8.68. The molecule has 0 heterocycles. The molecule has 0 N–H and O–H groups in total. The second-order valence-corrected chi connectivity index (χ2v) is 4.98. The van der Waals surface area contributed by atoms with E-state index in [2.05, 4.69) is 20.8 Å². The Morgan fingerprint density at radius 3 is 2.33 bits per heavy atom. The molecule has 2 atom stereocenters. The summed E-state index contributed by atoms with van der Waals surface area (Å²) in [5.74, 6) is 1.42. The largest absolute Gasteiger partial charge is 0.299 e. The minimum atomic E-state index is 0.352. The third kappa shape index (κ3) is 1.88. The Labute approximate surface area is 75.5 Å². The molecule has 1 heteroatoms. The fraction of sp³-hybridized carbons (Fsp3) is 0.909. The van der Waals surface area contributed by atoms with Gasteiger partial charge >= 0.3 is 0 Å². The molecule has 1 aliphatic rings. The van der Waals surface area contributed by atoms with Gasteiger partial charge in [0, 0.05) is 12.3 Å². The number of rotatable bonds is 2. The summed E-state index contributed by atoms with van der Waals surface area (Å²) < 4.78 is 0. The highest BCUT2D eigenvalue weighted by Crippen LogP contribution is 2.45. The highest BCUT2D eigenvalue weighted by Gasteiger charge is 2.39. The van der Waals surface area contributed by atoms with E-state index in [1.54, 1.807) is 0 Å². The van der Waals surface area contributed by atoms with Gasteiger partial charge in [0.05, 0.1) is 0 Å². The van der Waals surface area contributed by atoms with E-state index in [1.807, 2.05) is 6.92 Å². The van der Waals surface area contributed by atoms with Crippen molar-refractivity contribution in [1.82, 2.24) is 0 Å². The molecular formula is C11H20O. The quantitative estimate of drug-likeness (QED) is 0.619. The van der Waals surface area contributed by atoms with Gasteiger partial charge in [-0.05, 0) is 24.2 Å². The summed E-state index contributed by atoms with van der Waals surface area (Å²) in [5, 5.41) is 0. The van der Waals surface area contributed by atoms with Gasteiger partial charge in [0.2, 0.25) is 0 Å². The molecule has 0 amide bonds. The fourth-order valence-electron chi connectivity index (χ4n) is 2.59. The molecule has 0 aliphatic heterocycles. The lowest BCUT2D eigenvalue weighted by Gasteiger charge is -2.15. The molecule has 2 unspecified atom stereocenters. The number of carbonyl (C=O) groups excluding carboxylic acids is 1. The van der Waals surface area contributed by atoms with Crippen LogP contribution in [0.2, 0.25) is 0 Å². The summed E-state index contributed by atoms with van der Waals surface area (Å²) in [4.78, 5) is 11.5. The molecule has 0 radical (unpaired) electrons. The van der Waals surface area contributed by atoms with Crippen LogP contribution in [0.1, 0.15) is 47.0 Å². The third-order valence-electron chi connectivity index (χ3n) is 3.10. The van der Waals surface area contributed by atoms with Crippen LogP contribution >= 0.6 is 0 Å². The summed E-state index contributed by atoms with van der Waals surface area (Å²) in [6.45, 7) is 8.73. The van der Waals surface area contributed by atoms with Gasteiger partial charge in [-0.3, -0.25) is 4.79 Å². The van der Waals surface area contributed by atoms with Crippen molar-refractivity contribution in [2.24, 2.45) is 17.3 Å². The van der Waals surface area contributed by atoms with Crippen molar-refractivity contribution in [1.29, 1.82) is 0 Å². The lowest BCUT2D eigenvalue weighted by molar-refractivity contribution is -0.123. The van der Waals surface area contributed by atoms with E-state index < -0.39 is 0 Å². The average molecular weight is 168 g/mol. The highest BCUT2D eigenvalue weighted by molar-refractivity contribution is 5.81. The van der Waals surface area contributed by atoms with E-state index >= 15 is 0 Å². The summed E-state index contributed by atoms with van der Waals surface area (Å²) in [6, 6.07) is 0. The molecule has 1 saturated carbocycles. The van der Waals surface area contributed by atoms with E-state index in [-0.39, 0.29) is 0 Å². The average Bonchev–Trinajstić information content (AvgIpc) is 2.23. The monoisotopic (exact) mass is 168 g/mol. The number of hydrogen-bond donors (Lipinski definition) is 0. The van der Waals surface area contributed by atoms with E-state index in [1.165, 1.54) is 6.42 Å². The van der Waals surface area contributed by atoms with Crippen LogP contribution in [0.4, 0.5) is 0 Å². The molecule has 0 aromatic rings.